The molecule has 1 heterocycles. The van der Waals surface area contributed by atoms with E-state index in [1.54, 1.807) is 0 Å². The molecule has 2 aromatic rings. The molecule has 0 radical (unpaired) electrons. The van der Waals surface area contributed by atoms with Crippen molar-refractivity contribution in [3.63, 3.8) is 0 Å². The largest absolute Gasteiger partial charge is 0.451 e. The minimum Gasteiger partial charge on any atom is -0.451 e. The summed E-state index contributed by atoms with van der Waals surface area (Å²) in [6, 6.07) is 2.43. The van der Waals surface area contributed by atoms with Gasteiger partial charge in [0.1, 0.15) is 6.54 Å². The summed E-state index contributed by atoms with van der Waals surface area (Å²) in [4.78, 5) is 47.9. The van der Waals surface area contributed by atoms with Crippen LogP contribution in [0.1, 0.15) is 6.92 Å². The Labute approximate surface area is 143 Å². The number of H-pyrrole nitrogens is 1. The van der Waals surface area contributed by atoms with Crippen LogP contribution in [0.4, 0.5) is 18.9 Å². The van der Waals surface area contributed by atoms with Gasteiger partial charge in [0.2, 0.25) is 0 Å². The van der Waals surface area contributed by atoms with Gasteiger partial charge in [-0.25, -0.2) is 18.0 Å². The van der Waals surface area contributed by atoms with Crippen LogP contribution in [0.5, 0.6) is 0 Å². The Morgan fingerprint density at radius 2 is 1.88 bits per heavy atom. The summed E-state index contributed by atoms with van der Waals surface area (Å²) in [6.45, 7) is 0.563. The molecule has 0 aliphatic rings. The zero-order valence-corrected chi connectivity index (χ0v) is 13.2. The van der Waals surface area contributed by atoms with Crippen molar-refractivity contribution in [1.29, 1.82) is 0 Å². The maximum absolute atomic E-state index is 13.5. The number of halogens is 3. The monoisotopic (exact) mass is 371 g/mol. The fourth-order valence-corrected chi connectivity index (χ4v) is 1.85. The van der Waals surface area contributed by atoms with Crippen molar-refractivity contribution in [3.8, 4) is 0 Å². The third-order valence-corrected chi connectivity index (χ3v) is 3.17. The van der Waals surface area contributed by atoms with E-state index in [1.807, 2.05) is 10.3 Å². The van der Waals surface area contributed by atoms with Gasteiger partial charge in [0.15, 0.2) is 23.6 Å². The molecular formula is C15H12F3N3O5. The van der Waals surface area contributed by atoms with Crippen molar-refractivity contribution in [2.75, 3.05) is 5.32 Å². The van der Waals surface area contributed by atoms with E-state index in [2.05, 4.69) is 0 Å². The van der Waals surface area contributed by atoms with E-state index in [1.165, 1.54) is 0 Å². The topological polar surface area (TPSA) is 110 Å². The van der Waals surface area contributed by atoms with Crippen molar-refractivity contribution >= 4 is 17.6 Å². The lowest BCUT2D eigenvalue weighted by molar-refractivity contribution is -0.153. The standard InChI is InChI=1S/C15H12F3N3O5/c1-7(14(24)19-9-3-2-8(16)12(17)13(9)18)26-11(23)6-21-5-4-10(22)20-15(21)25/h2-5,7H,6H2,1H3,(H,19,24)(H,20,22,25). The first kappa shape index (κ1) is 19.0. The van der Waals surface area contributed by atoms with E-state index in [-0.39, 0.29) is 0 Å². The van der Waals surface area contributed by atoms with E-state index >= 15 is 0 Å². The molecule has 1 aromatic carbocycles. The predicted molar refractivity (Wildman–Crippen MR) is 81.8 cm³/mol. The maximum Gasteiger partial charge on any atom is 0.328 e. The van der Waals surface area contributed by atoms with E-state index in [4.69, 9.17) is 4.74 Å². The van der Waals surface area contributed by atoms with Crippen LogP contribution in [0.3, 0.4) is 0 Å². The molecule has 1 aromatic heterocycles. The van der Waals surface area contributed by atoms with Crippen LogP contribution < -0.4 is 16.6 Å². The number of carbonyl (C=O) groups is 2. The lowest BCUT2D eigenvalue weighted by Gasteiger charge is -2.14. The zero-order valence-electron chi connectivity index (χ0n) is 13.2. The Balaban J connectivity index is 2.00. The molecule has 0 saturated heterocycles. The van der Waals surface area contributed by atoms with Gasteiger partial charge in [-0.2, -0.15) is 0 Å². The third-order valence-electron chi connectivity index (χ3n) is 3.17. The van der Waals surface area contributed by atoms with Gasteiger partial charge in [-0.3, -0.25) is 23.9 Å². The Kier molecular flexibility index (Phi) is 5.60. The van der Waals surface area contributed by atoms with Crippen LogP contribution >= 0.6 is 0 Å². The average molecular weight is 371 g/mol. The number of hydrogen-bond donors (Lipinski definition) is 2. The highest BCUT2D eigenvalue weighted by atomic mass is 19.2. The molecule has 1 atom stereocenters. The first-order valence-electron chi connectivity index (χ1n) is 7.12. The molecule has 11 heteroatoms. The van der Waals surface area contributed by atoms with Gasteiger partial charge >= 0.3 is 11.7 Å². The van der Waals surface area contributed by atoms with Crippen molar-refractivity contribution in [3.05, 3.63) is 62.7 Å². The first-order valence-corrected chi connectivity index (χ1v) is 7.12. The number of hydrogen-bond acceptors (Lipinski definition) is 5. The highest BCUT2D eigenvalue weighted by Gasteiger charge is 2.21. The van der Waals surface area contributed by atoms with Gasteiger partial charge in [-0.05, 0) is 19.1 Å². The molecule has 0 spiro atoms. The molecule has 26 heavy (non-hydrogen) atoms. The number of benzene rings is 1. The number of amides is 1. The quantitative estimate of drug-likeness (QED) is 0.588. The number of esters is 1. The van der Waals surface area contributed by atoms with Gasteiger partial charge < -0.3 is 10.1 Å². The van der Waals surface area contributed by atoms with E-state index in [0.717, 1.165) is 29.8 Å². The molecule has 1 unspecified atom stereocenters. The highest BCUT2D eigenvalue weighted by Crippen LogP contribution is 2.19. The molecule has 2 rings (SSSR count). The van der Waals surface area contributed by atoms with Gasteiger partial charge in [0, 0.05) is 12.3 Å². The van der Waals surface area contributed by atoms with Crippen LogP contribution in [0.15, 0.2) is 34.0 Å². The number of rotatable bonds is 5. The number of ether oxygens (including phenoxy) is 1. The second-order valence-electron chi connectivity index (χ2n) is 5.08. The molecule has 8 nitrogen and oxygen atoms in total. The molecule has 0 saturated carbocycles. The molecule has 138 valence electrons. The number of carbonyl (C=O) groups excluding carboxylic acids is 2. The Hall–Kier alpha value is -3.37. The zero-order chi connectivity index (χ0) is 19.4. The van der Waals surface area contributed by atoms with Crippen molar-refractivity contribution in [1.82, 2.24) is 9.55 Å². The van der Waals surface area contributed by atoms with E-state index < -0.39 is 58.9 Å². The summed E-state index contributed by atoms with van der Waals surface area (Å²) in [5.74, 6) is -6.78. The molecule has 0 aliphatic heterocycles. The lowest BCUT2D eigenvalue weighted by Crippen LogP contribution is -2.35. The lowest BCUT2D eigenvalue weighted by atomic mass is 10.2. The number of aromatic amines is 1. The second kappa shape index (κ2) is 7.68. The van der Waals surface area contributed by atoms with E-state index in [0.29, 0.717) is 6.07 Å². The van der Waals surface area contributed by atoms with Crippen LogP contribution in [0.2, 0.25) is 0 Å². The normalized spacial score (nSPS) is 11.7. The van der Waals surface area contributed by atoms with Crippen molar-refractivity contribution < 1.29 is 27.5 Å². The minimum absolute atomic E-state index is 0.591. The molecule has 0 fully saturated rings. The van der Waals surface area contributed by atoms with Crippen molar-refractivity contribution in [2.24, 2.45) is 0 Å². The summed E-state index contributed by atoms with van der Waals surface area (Å²) in [7, 11) is 0. The highest BCUT2D eigenvalue weighted by molar-refractivity contribution is 5.95. The fraction of sp³-hybridized carbons (Fsp3) is 0.200. The molecule has 1 amide bonds. The molecule has 0 bridgehead atoms. The summed E-state index contributed by atoms with van der Waals surface area (Å²) in [5.41, 5.74) is -2.13. The molecule has 2 N–H and O–H groups in total. The Bertz CT molecular complexity index is 970. The average Bonchev–Trinajstić information content (AvgIpc) is 2.57. The smallest absolute Gasteiger partial charge is 0.328 e. The summed E-state index contributed by atoms with van der Waals surface area (Å²) in [6.07, 6.45) is -0.363. The first-order chi connectivity index (χ1) is 12.2. The van der Waals surface area contributed by atoms with Crippen molar-refractivity contribution in [2.45, 2.75) is 19.6 Å². The van der Waals surface area contributed by atoms with Gasteiger partial charge in [-0.15, -0.1) is 0 Å². The number of aromatic nitrogens is 2. The third kappa shape index (κ3) is 4.37. The minimum atomic E-state index is -1.76. The van der Waals surface area contributed by atoms with E-state index in [9.17, 15) is 32.3 Å². The Morgan fingerprint density at radius 1 is 1.19 bits per heavy atom. The van der Waals surface area contributed by atoms with Gasteiger partial charge in [0.05, 0.1) is 5.69 Å². The predicted octanol–water partition coefficient (Wildman–Crippen LogP) is 0.524. The summed E-state index contributed by atoms with van der Waals surface area (Å²) < 4.78 is 45.1. The van der Waals surface area contributed by atoms with Crippen LogP contribution in [-0.4, -0.2) is 27.5 Å². The van der Waals surface area contributed by atoms with Crippen LogP contribution in [0, 0.1) is 17.5 Å². The van der Waals surface area contributed by atoms with Crippen LogP contribution in [-0.2, 0) is 20.9 Å². The second-order valence-corrected chi connectivity index (χ2v) is 5.08. The molecule has 0 aliphatic carbocycles. The summed E-state index contributed by atoms with van der Waals surface area (Å²) >= 11 is 0. The SMILES string of the molecule is CC(OC(=O)Cn1ccc(=O)[nH]c1=O)C(=O)Nc1ccc(F)c(F)c1F. The fourth-order valence-electron chi connectivity index (χ4n) is 1.85. The summed E-state index contributed by atoms with van der Waals surface area (Å²) in [5, 5.41) is 1.95. The van der Waals surface area contributed by atoms with Gasteiger partial charge in [0.25, 0.3) is 11.5 Å². The Morgan fingerprint density at radius 3 is 2.54 bits per heavy atom. The van der Waals surface area contributed by atoms with Gasteiger partial charge in [-0.1, -0.05) is 0 Å². The number of anilines is 1. The number of nitrogens with one attached hydrogen (secondary N) is 2. The number of nitrogens with zero attached hydrogens (tertiary/aromatic N) is 1. The maximum atomic E-state index is 13.5. The van der Waals surface area contributed by atoms with Crippen LogP contribution in [0.25, 0.3) is 0 Å². The molecular weight excluding hydrogens is 359 g/mol.